The molecule has 0 bridgehead atoms. The summed E-state index contributed by atoms with van der Waals surface area (Å²) in [5.41, 5.74) is 1.92. The fourth-order valence-electron chi connectivity index (χ4n) is 1.90. The number of nitrogens with two attached hydrogens (primary N) is 1. The third-order valence-corrected chi connectivity index (χ3v) is 3.87. The van der Waals surface area contributed by atoms with Crippen molar-refractivity contribution < 1.29 is 13.2 Å². The standard InChI is InChI=1S/C12H23N3O3S/c1-10-12(11(2)15(3)14-10)18-8-6-4-5-7-9-19(13,16)17/h4-9H2,1-3H3,(H2,13,16,17). The fraction of sp³-hybridized carbons (Fsp3) is 0.750. The summed E-state index contributed by atoms with van der Waals surface area (Å²) in [6.45, 7) is 4.53. The van der Waals surface area contributed by atoms with Crippen LogP contribution in [0.2, 0.25) is 0 Å². The number of aromatic nitrogens is 2. The monoisotopic (exact) mass is 289 g/mol. The SMILES string of the molecule is Cc1nn(C)c(C)c1OCCCCCCS(N)(=O)=O. The Morgan fingerprint density at radius 3 is 2.37 bits per heavy atom. The topological polar surface area (TPSA) is 87.2 Å². The van der Waals surface area contributed by atoms with Crippen molar-refractivity contribution in [2.45, 2.75) is 39.5 Å². The van der Waals surface area contributed by atoms with E-state index in [4.69, 9.17) is 9.88 Å². The number of nitrogens with zero attached hydrogens (tertiary/aromatic N) is 2. The lowest BCUT2D eigenvalue weighted by atomic mass is 10.2. The maximum absolute atomic E-state index is 10.7. The number of aryl methyl sites for hydroxylation is 2. The van der Waals surface area contributed by atoms with E-state index in [1.807, 2.05) is 20.9 Å². The van der Waals surface area contributed by atoms with E-state index in [1.54, 1.807) is 4.68 Å². The van der Waals surface area contributed by atoms with Gasteiger partial charge in [-0.25, -0.2) is 13.6 Å². The molecule has 1 rings (SSSR count). The first-order valence-corrected chi connectivity index (χ1v) is 8.16. The van der Waals surface area contributed by atoms with Crippen molar-refractivity contribution >= 4 is 10.0 Å². The zero-order chi connectivity index (χ0) is 14.5. The van der Waals surface area contributed by atoms with Gasteiger partial charge >= 0.3 is 0 Å². The molecule has 0 atom stereocenters. The summed E-state index contributed by atoms with van der Waals surface area (Å²) in [5.74, 6) is 0.918. The second kappa shape index (κ2) is 6.91. The Balaban J connectivity index is 2.18. The van der Waals surface area contributed by atoms with Gasteiger partial charge in [-0.05, 0) is 26.7 Å². The van der Waals surface area contributed by atoms with E-state index in [0.29, 0.717) is 13.0 Å². The number of hydrogen-bond donors (Lipinski definition) is 1. The smallest absolute Gasteiger partial charge is 0.209 e. The fourth-order valence-corrected chi connectivity index (χ4v) is 2.50. The molecule has 0 saturated carbocycles. The molecule has 0 unspecified atom stereocenters. The van der Waals surface area contributed by atoms with Crippen LogP contribution in [0, 0.1) is 13.8 Å². The van der Waals surface area contributed by atoms with Gasteiger partial charge in [-0.3, -0.25) is 4.68 Å². The minimum Gasteiger partial charge on any atom is -0.490 e. The van der Waals surface area contributed by atoms with Gasteiger partial charge in [-0.1, -0.05) is 12.8 Å². The van der Waals surface area contributed by atoms with Gasteiger partial charge in [0, 0.05) is 7.05 Å². The summed E-state index contributed by atoms with van der Waals surface area (Å²) in [6.07, 6.45) is 3.31. The maximum atomic E-state index is 10.7. The van der Waals surface area contributed by atoms with Crippen molar-refractivity contribution in [3.8, 4) is 5.75 Å². The average Bonchev–Trinajstić information content (AvgIpc) is 2.52. The zero-order valence-electron chi connectivity index (χ0n) is 11.8. The van der Waals surface area contributed by atoms with E-state index in [2.05, 4.69) is 5.10 Å². The Labute approximate surface area is 115 Å². The highest BCUT2D eigenvalue weighted by Crippen LogP contribution is 2.21. The number of primary sulfonamides is 1. The van der Waals surface area contributed by atoms with Crippen LogP contribution in [0.15, 0.2) is 0 Å². The van der Waals surface area contributed by atoms with Crippen molar-refractivity contribution in [2.75, 3.05) is 12.4 Å². The predicted octanol–water partition coefficient (Wildman–Crippen LogP) is 1.26. The molecule has 6 nitrogen and oxygen atoms in total. The maximum Gasteiger partial charge on any atom is 0.209 e. The van der Waals surface area contributed by atoms with Crippen LogP contribution >= 0.6 is 0 Å². The van der Waals surface area contributed by atoms with Crippen LogP contribution in [0.25, 0.3) is 0 Å². The van der Waals surface area contributed by atoms with Gasteiger partial charge in [0.15, 0.2) is 5.75 Å². The third kappa shape index (κ3) is 5.61. The molecule has 0 aliphatic carbocycles. The van der Waals surface area contributed by atoms with Gasteiger partial charge < -0.3 is 4.74 Å². The predicted molar refractivity (Wildman–Crippen MR) is 74.6 cm³/mol. The van der Waals surface area contributed by atoms with E-state index in [1.165, 1.54) is 0 Å². The van der Waals surface area contributed by atoms with Crippen LogP contribution in [0.5, 0.6) is 5.75 Å². The quantitative estimate of drug-likeness (QED) is 0.730. The average molecular weight is 289 g/mol. The molecule has 0 amide bonds. The van der Waals surface area contributed by atoms with Gasteiger partial charge in [-0.15, -0.1) is 0 Å². The Bertz CT molecular complexity index is 509. The second-order valence-electron chi connectivity index (χ2n) is 4.75. The summed E-state index contributed by atoms with van der Waals surface area (Å²) in [4.78, 5) is 0. The van der Waals surface area contributed by atoms with Crippen LogP contribution in [-0.4, -0.2) is 30.6 Å². The third-order valence-electron chi connectivity index (χ3n) is 3.01. The van der Waals surface area contributed by atoms with Crippen LogP contribution in [0.1, 0.15) is 37.1 Å². The van der Waals surface area contributed by atoms with E-state index >= 15 is 0 Å². The first-order valence-electron chi connectivity index (χ1n) is 6.44. The molecule has 7 heteroatoms. The van der Waals surface area contributed by atoms with Gasteiger partial charge in [-0.2, -0.15) is 5.10 Å². The lowest BCUT2D eigenvalue weighted by Crippen LogP contribution is -2.16. The Kier molecular flexibility index (Phi) is 5.81. The molecule has 0 aliphatic heterocycles. The molecule has 0 aromatic carbocycles. The molecule has 19 heavy (non-hydrogen) atoms. The van der Waals surface area contributed by atoms with Gasteiger partial charge in [0.05, 0.1) is 18.1 Å². The number of unbranched alkanes of at least 4 members (excludes halogenated alkanes) is 3. The number of sulfonamides is 1. The molecule has 0 saturated heterocycles. The Morgan fingerprint density at radius 1 is 1.21 bits per heavy atom. The molecule has 1 heterocycles. The Hall–Kier alpha value is -1.08. The van der Waals surface area contributed by atoms with Crippen molar-refractivity contribution in [1.29, 1.82) is 0 Å². The molecule has 0 aliphatic rings. The minimum atomic E-state index is -3.31. The van der Waals surface area contributed by atoms with Crippen molar-refractivity contribution in [3.05, 3.63) is 11.4 Å². The first kappa shape index (κ1) is 16.0. The minimum absolute atomic E-state index is 0.0642. The largest absolute Gasteiger partial charge is 0.490 e. The molecule has 1 aromatic rings. The summed E-state index contributed by atoms with van der Waals surface area (Å²) in [5, 5.41) is 9.20. The number of ether oxygens (including phenoxy) is 1. The summed E-state index contributed by atoms with van der Waals surface area (Å²) >= 11 is 0. The summed E-state index contributed by atoms with van der Waals surface area (Å²) in [6, 6.07) is 0. The van der Waals surface area contributed by atoms with E-state index in [0.717, 1.165) is 36.4 Å². The molecule has 0 radical (unpaired) electrons. The second-order valence-corrected chi connectivity index (χ2v) is 6.49. The van der Waals surface area contributed by atoms with E-state index in [-0.39, 0.29) is 5.75 Å². The molecular weight excluding hydrogens is 266 g/mol. The van der Waals surface area contributed by atoms with Gasteiger partial charge in [0.1, 0.15) is 5.69 Å². The lowest BCUT2D eigenvalue weighted by molar-refractivity contribution is 0.301. The lowest BCUT2D eigenvalue weighted by Gasteiger charge is -2.06. The Morgan fingerprint density at radius 2 is 1.84 bits per heavy atom. The van der Waals surface area contributed by atoms with Gasteiger partial charge in [0.25, 0.3) is 0 Å². The van der Waals surface area contributed by atoms with Crippen LogP contribution in [-0.2, 0) is 17.1 Å². The number of rotatable bonds is 8. The first-order chi connectivity index (χ1) is 8.81. The molecule has 110 valence electrons. The van der Waals surface area contributed by atoms with Crippen molar-refractivity contribution in [1.82, 2.24) is 9.78 Å². The van der Waals surface area contributed by atoms with E-state index in [9.17, 15) is 8.42 Å². The van der Waals surface area contributed by atoms with Crippen molar-refractivity contribution in [3.63, 3.8) is 0 Å². The van der Waals surface area contributed by atoms with Crippen molar-refractivity contribution in [2.24, 2.45) is 12.2 Å². The molecular formula is C12H23N3O3S. The molecule has 0 spiro atoms. The summed E-state index contributed by atoms with van der Waals surface area (Å²) in [7, 11) is -1.42. The molecule has 1 aromatic heterocycles. The van der Waals surface area contributed by atoms with Crippen LogP contribution in [0.3, 0.4) is 0 Å². The van der Waals surface area contributed by atoms with Gasteiger partial charge in [0.2, 0.25) is 10.0 Å². The van der Waals surface area contributed by atoms with Crippen LogP contribution < -0.4 is 9.88 Å². The molecule has 2 N–H and O–H groups in total. The normalized spacial score (nSPS) is 11.8. The zero-order valence-corrected chi connectivity index (χ0v) is 12.7. The highest BCUT2D eigenvalue weighted by molar-refractivity contribution is 7.89. The van der Waals surface area contributed by atoms with Crippen LogP contribution in [0.4, 0.5) is 0 Å². The summed E-state index contributed by atoms with van der Waals surface area (Å²) < 4.78 is 29.0. The highest BCUT2D eigenvalue weighted by Gasteiger charge is 2.09. The highest BCUT2D eigenvalue weighted by atomic mass is 32.2. The molecule has 0 fully saturated rings. The van der Waals surface area contributed by atoms with E-state index < -0.39 is 10.0 Å². The number of hydrogen-bond acceptors (Lipinski definition) is 4.